The number of hydrogen-bond donors (Lipinski definition) is 0. The van der Waals surface area contributed by atoms with Gasteiger partial charge in [-0.05, 0) is 50.1 Å². The van der Waals surface area contributed by atoms with Gasteiger partial charge in [0.15, 0.2) is 0 Å². The molecule has 0 heteroatoms. The van der Waals surface area contributed by atoms with Gasteiger partial charge in [0.1, 0.15) is 0 Å². The van der Waals surface area contributed by atoms with E-state index in [1.807, 2.05) is 0 Å². The van der Waals surface area contributed by atoms with Crippen LogP contribution in [0.2, 0.25) is 0 Å². The first-order chi connectivity index (χ1) is 5.73. The van der Waals surface area contributed by atoms with Gasteiger partial charge in [-0.3, -0.25) is 0 Å². The van der Waals surface area contributed by atoms with Crippen LogP contribution in [0, 0.1) is 0 Å². The molecule has 0 spiro atoms. The molecule has 4 rings (SSSR count). The van der Waals surface area contributed by atoms with Crippen LogP contribution in [0.25, 0.3) is 16.7 Å². The molecule has 0 radical (unpaired) electrons. The molecule has 1 aromatic rings. The predicted octanol–water partition coefficient (Wildman–Crippen LogP) is 2.81. The van der Waals surface area contributed by atoms with Crippen molar-refractivity contribution < 1.29 is 0 Å². The van der Waals surface area contributed by atoms with E-state index in [2.05, 4.69) is 19.7 Å². The van der Waals surface area contributed by atoms with Crippen LogP contribution in [0.5, 0.6) is 0 Å². The molecule has 54 valence electrons. The Kier molecular flexibility index (Phi) is 0.446. The average molecular weight is 150 g/mol. The Labute approximate surface area is 70.5 Å². The Hall–Kier alpha value is -1.56. The number of benzene rings is 1. The summed E-state index contributed by atoms with van der Waals surface area (Å²) in [6.07, 6.45) is 0. The Bertz CT molecular complexity index is 408. The Morgan fingerprint density at radius 2 is 0.583 bits per heavy atom. The zero-order valence-corrected chi connectivity index (χ0v) is 6.62. The summed E-state index contributed by atoms with van der Waals surface area (Å²) < 4.78 is 0. The Morgan fingerprint density at radius 1 is 0.417 bits per heavy atom. The van der Waals surface area contributed by atoms with Crippen LogP contribution in [0.4, 0.5) is 0 Å². The molecule has 1 aromatic carbocycles. The molecule has 0 nitrogen and oxygen atoms in total. The van der Waals surface area contributed by atoms with E-state index in [4.69, 9.17) is 0 Å². The maximum atomic E-state index is 4.01. The topological polar surface area (TPSA) is 0 Å². The molecule has 0 heterocycles. The third kappa shape index (κ3) is 0.286. The number of hydrogen-bond acceptors (Lipinski definition) is 0. The molecule has 0 N–H and O–H groups in total. The lowest BCUT2D eigenvalue weighted by atomic mass is 10.4. The van der Waals surface area contributed by atoms with Gasteiger partial charge in [0.2, 0.25) is 0 Å². The molecule has 0 saturated heterocycles. The highest BCUT2D eigenvalue weighted by Gasteiger charge is 2.50. The minimum Gasteiger partial charge on any atom is -0.0905 e. The molecule has 12 heavy (non-hydrogen) atoms. The van der Waals surface area contributed by atoms with Crippen LogP contribution in [0.15, 0.2) is 19.7 Å². The molecule has 0 saturated carbocycles. The van der Waals surface area contributed by atoms with Crippen LogP contribution in [-0.4, -0.2) is 0 Å². The van der Waals surface area contributed by atoms with Crippen molar-refractivity contribution in [2.24, 2.45) is 0 Å². The zero-order valence-electron chi connectivity index (χ0n) is 6.62. The lowest BCUT2D eigenvalue weighted by molar-refractivity contribution is 1.88. The van der Waals surface area contributed by atoms with Crippen LogP contribution in [0.1, 0.15) is 33.4 Å². The first-order valence-electron chi connectivity index (χ1n) is 4.06. The summed E-state index contributed by atoms with van der Waals surface area (Å²) in [5.41, 5.74) is 12.0. The summed E-state index contributed by atoms with van der Waals surface area (Å²) >= 11 is 0. The summed E-state index contributed by atoms with van der Waals surface area (Å²) in [7, 11) is 0. The monoisotopic (exact) mass is 150 g/mol. The van der Waals surface area contributed by atoms with Crippen molar-refractivity contribution in [3.63, 3.8) is 0 Å². The van der Waals surface area contributed by atoms with Crippen LogP contribution >= 0.6 is 0 Å². The molecule has 3 aliphatic carbocycles. The van der Waals surface area contributed by atoms with Gasteiger partial charge in [-0.25, -0.2) is 0 Å². The third-order valence-electron chi connectivity index (χ3n) is 3.12. The summed E-state index contributed by atoms with van der Waals surface area (Å²) in [4.78, 5) is 0. The second kappa shape index (κ2) is 1.04. The summed E-state index contributed by atoms with van der Waals surface area (Å²) in [5, 5.41) is 0. The van der Waals surface area contributed by atoms with Gasteiger partial charge in [0, 0.05) is 0 Å². The molecule has 0 bridgehead atoms. The third-order valence-corrected chi connectivity index (χ3v) is 3.12. The first kappa shape index (κ1) is 5.15. The number of fused-ring (bicyclic) bond motifs is 6. The van der Waals surface area contributed by atoms with Crippen LogP contribution < -0.4 is 0 Å². The van der Waals surface area contributed by atoms with Crippen molar-refractivity contribution in [1.82, 2.24) is 0 Å². The highest BCUT2D eigenvalue weighted by molar-refractivity contribution is 6.27. The second-order valence-corrected chi connectivity index (χ2v) is 3.69. The van der Waals surface area contributed by atoms with E-state index >= 15 is 0 Å². The van der Waals surface area contributed by atoms with Crippen molar-refractivity contribution in [3.05, 3.63) is 53.1 Å². The first-order valence-corrected chi connectivity index (χ1v) is 4.06. The zero-order chi connectivity index (χ0) is 8.20. The molecule has 3 aliphatic rings. The van der Waals surface area contributed by atoms with Gasteiger partial charge in [-0.15, -0.1) is 0 Å². The fourth-order valence-electron chi connectivity index (χ4n) is 2.33. The van der Waals surface area contributed by atoms with Gasteiger partial charge in [0.25, 0.3) is 0 Å². The molecular weight excluding hydrogens is 144 g/mol. The molecule has 0 amide bonds. The Morgan fingerprint density at radius 3 is 0.750 bits per heavy atom. The highest BCUT2D eigenvalue weighted by Crippen LogP contribution is 2.68. The lowest BCUT2D eigenvalue weighted by Gasteiger charge is -1.63. The van der Waals surface area contributed by atoms with Crippen molar-refractivity contribution >= 4 is 16.7 Å². The minimum atomic E-state index is 1.23. The molecule has 0 fully saturated rings. The van der Waals surface area contributed by atoms with Gasteiger partial charge in [0.05, 0.1) is 0 Å². The van der Waals surface area contributed by atoms with E-state index in [1.54, 1.807) is 0 Å². The lowest BCUT2D eigenvalue weighted by Crippen LogP contribution is -1.50. The van der Waals surface area contributed by atoms with E-state index in [0.29, 0.717) is 0 Å². The quantitative estimate of drug-likeness (QED) is 0.361. The number of rotatable bonds is 0. The molecule has 0 unspecified atom stereocenters. The second-order valence-electron chi connectivity index (χ2n) is 3.69. The summed E-state index contributed by atoms with van der Waals surface area (Å²) in [5.74, 6) is 0. The summed E-state index contributed by atoms with van der Waals surface area (Å²) in [6, 6.07) is 0. The fraction of sp³-hybridized carbons (Fsp3) is 0. The maximum absolute atomic E-state index is 4.01. The summed E-state index contributed by atoms with van der Waals surface area (Å²) in [6.45, 7) is 12.0. The SMILES string of the molecule is C=C1c2c3c(c4c(c21)C4=C)C3=C. The minimum absolute atomic E-state index is 1.23. The Balaban J connectivity index is 2.31. The van der Waals surface area contributed by atoms with Gasteiger partial charge in [-0.1, -0.05) is 19.7 Å². The van der Waals surface area contributed by atoms with Crippen molar-refractivity contribution in [3.8, 4) is 0 Å². The fourth-order valence-corrected chi connectivity index (χ4v) is 2.33. The van der Waals surface area contributed by atoms with Crippen molar-refractivity contribution in [2.75, 3.05) is 0 Å². The average Bonchev–Trinajstić information content (AvgIpc) is 2.92. The van der Waals surface area contributed by atoms with Gasteiger partial charge >= 0.3 is 0 Å². The van der Waals surface area contributed by atoms with Crippen LogP contribution in [0.3, 0.4) is 0 Å². The van der Waals surface area contributed by atoms with E-state index < -0.39 is 0 Å². The highest BCUT2D eigenvalue weighted by atomic mass is 14.5. The van der Waals surface area contributed by atoms with E-state index in [9.17, 15) is 0 Å². The van der Waals surface area contributed by atoms with Crippen molar-refractivity contribution in [1.29, 1.82) is 0 Å². The molecule has 0 aliphatic heterocycles. The largest absolute Gasteiger partial charge is 0.0905 e. The van der Waals surface area contributed by atoms with Gasteiger partial charge in [-0.2, -0.15) is 0 Å². The predicted molar refractivity (Wildman–Crippen MR) is 50.9 cm³/mol. The molecular formula is C12H6. The molecule has 0 atom stereocenters. The van der Waals surface area contributed by atoms with Gasteiger partial charge < -0.3 is 0 Å². The van der Waals surface area contributed by atoms with Crippen molar-refractivity contribution in [2.45, 2.75) is 0 Å². The van der Waals surface area contributed by atoms with E-state index in [0.717, 1.165) is 0 Å². The normalized spacial score (nSPS) is 18.5. The molecule has 0 aromatic heterocycles. The smallest absolute Gasteiger partial charge is 0.00133 e. The van der Waals surface area contributed by atoms with Crippen LogP contribution in [-0.2, 0) is 0 Å². The standard InChI is InChI=1S/C12H6/c1-4-7-8(4)10-6(3)12(10)11-5(2)9(7)11/h1-3H2. The van der Waals surface area contributed by atoms with E-state index in [-0.39, 0.29) is 0 Å². The van der Waals surface area contributed by atoms with E-state index in [1.165, 1.54) is 50.1 Å². The maximum Gasteiger partial charge on any atom is -0.00133 e.